The molecule has 2 aliphatic rings. The van der Waals surface area contributed by atoms with Crippen LogP contribution in [0.15, 0.2) is 0 Å². The fourth-order valence-electron chi connectivity index (χ4n) is 3.32. The van der Waals surface area contributed by atoms with Crippen LogP contribution in [0, 0.1) is 0 Å². The van der Waals surface area contributed by atoms with Crippen LogP contribution in [0.3, 0.4) is 0 Å². The molecule has 0 radical (unpaired) electrons. The van der Waals surface area contributed by atoms with Gasteiger partial charge in [-0.2, -0.15) is 0 Å². The molecule has 2 fully saturated rings. The van der Waals surface area contributed by atoms with Crippen LogP contribution in [0.4, 0.5) is 0 Å². The number of nitrogens with zero attached hydrogens (tertiary/aromatic N) is 1. The fourth-order valence-corrected chi connectivity index (χ4v) is 3.62. The number of esters is 4. The van der Waals surface area contributed by atoms with E-state index in [0.29, 0.717) is 31.4 Å². The summed E-state index contributed by atoms with van der Waals surface area (Å²) in [6.07, 6.45) is -5.81. The second kappa shape index (κ2) is 11.9. The predicted octanol–water partition coefficient (Wildman–Crippen LogP) is -0.724. The van der Waals surface area contributed by atoms with E-state index in [-0.39, 0.29) is 6.61 Å². The third kappa shape index (κ3) is 7.57. The molecule has 0 saturated carbocycles. The maximum atomic E-state index is 11.8. The highest BCUT2D eigenvalue weighted by Gasteiger charge is 2.52. The van der Waals surface area contributed by atoms with Gasteiger partial charge in [0.1, 0.15) is 12.7 Å². The number of nitrogens with one attached hydrogen (secondary N) is 1. The molecule has 0 bridgehead atoms. The first-order chi connectivity index (χ1) is 15.1. The first-order valence-corrected chi connectivity index (χ1v) is 10.4. The quantitative estimate of drug-likeness (QED) is 0.293. The number of rotatable bonds is 6. The topological polar surface area (TPSA) is 139 Å². The maximum absolute atomic E-state index is 11.8. The molecule has 5 atom stereocenters. The van der Waals surface area contributed by atoms with Gasteiger partial charge in [0, 0.05) is 40.8 Å². The summed E-state index contributed by atoms with van der Waals surface area (Å²) in [6.45, 7) is 6.45. The normalized spacial score (nSPS) is 27.6. The van der Waals surface area contributed by atoms with Crippen molar-refractivity contribution < 1.29 is 47.6 Å². The van der Waals surface area contributed by atoms with Crippen LogP contribution >= 0.6 is 12.2 Å². The van der Waals surface area contributed by atoms with Crippen molar-refractivity contribution in [1.29, 1.82) is 0 Å². The van der Waals surface area contributed by atoms with Gasteiger partial charge in [-0.05, 0) is 12.2 Å². The Hall–Kier alpha value is -2.51. The van der Waals surface area contributed by atoms with Crippen LogP contribution in [0.5, 0.6) is 0 Å². The average molecular weight is 477 g/mol. The van der Waals surface area contributed by atoms with Crippen molar-refractivity contribution in [2.75, 3.05) is 32.9 Å². The highest BCUT2D eigenvalue weighted by molar-refractivity contribution is 7.80. The largest absolute Gasteiger partial charge is 0.463 e. The van der Waals surface area contributed by atoms with Crippen molar-refractivity contribution in [2.24, 2.45) is 0 Å². The molecular formula is C19H28N2O10S. The molecule has 0 aromatic carbocycles. The number of thiocarbonyl (C=S) groups is 1. The lowest BCUT2D eigenvalue weighted by molar-refractivity contribution is -0.255. The van der Waals surface area contributed by atoms with E-state index in [1.165, 1.54) is 13.8 Å². The summed E-state index contributed by atoms with van der Waals surface area (Å²) in [7, 11) is 0. The van der Waals surface area contributed by atoms with Crippen LogP contribution in [0.1, 0.15) is 27.7 Å². The lowest BCUT2D eigenvalue weighted by Crippen LogP contribution is -2.67. The van der Waals surface area contributed by atoms with E-state index >= 15 is 0 Å². The Labute approximate surface area is 190 Å². The van der Waals surface area contributed by atoms with Crippen molar-refractivity contribution in [3.05, 3.63) is 0 Å². The summed E-state index contributed by atoms with van der Waals surface area (Å²) in [6, 6.07) is 0. The van der Waals surface area contributed by atoms with Gasteiger partial charge in [-0.25, -0.2) is 0 Å². The smallest absolute Gasteiger partial charge is 0.303 e. The molecular weight excluding hydrogens is 448 g/mol. The SMILES string of the molecule is CC(=O)OC[C@@H]1O[C@H](NC(=S)N2CCOCC2)[C@H](OC(C)=O)[C@H](OC(C)=O)[C@H]1OC(C)=O. The van der Waals surface area contributed by atoms with E-state index in [1.807, 2.05) is 4.90 Å². The molecule has 0 unspecified atom stereocenters. The molecule has 2 heterocycles. The van der Waals surface area contributed by atoms with Gasteiger partial charge in [0.15, 0.2) is 29.7 Å². The second-order valence-corrected chi connectivity index (χ2v) is 7.56. The van der Waals surface area contributed by atoms with Gasteiger partial charge in [0.25, 0.3) is 0 Å². The molecule has 0 amide bonds. The van der Waals surface area contributed by atoms with E-state index in [9.17, 15) is 19.2 Å². The molecule has 2 aliphatic heterocycles. The van der Waals surface area contributed by atoms with Gasteiger partial charge >= 0.3 is 23.9 Å². The van der Waals surface area contributed by atoms with Gasteiger partial charge in [0.2, 0.25) is 0 Å². The van der Waals surface area contributed by atoms with E-state index in [2.05, 4.69) is 5.32 Å². The molecule has 0 spiro atoms. The molecule has 32 heavy (non-hydrogen) atoms. The molecule has 180 valence electrons. The predicted molar refractivity (Wildman–Crippen MR) is 110 cm³/mol. The summed E-state index contributed by atoms with van der Waals surface area (Å²) >= 11 is 5.45. The Morgan fingerprint density at radius 2 is 1.41 bits per heavy atom. The third-order valence-electron chi connectivity index (χ3n) is 4.55. The zero-order valence-electron chi connectivity index (χ0n) is 18.4. The highest BCUT2D eigenvalue weighted by atomic mass is 32.1. The lowest BCUT2D eigenvalue weighted by Gasteiger charge is -2.45. The van der Waals surface area contributed by atoms with Crippen LogP contribution in [0.2, 0.25) is 0 Å². The average Bonchev–Trinajstić information content (AvgIpc) is 2.70. The van der Waals surface area contributed by atoms with E-state index in [0.717, 1.165) is 13.8 Å². The van der Waals surface area contributed by atoms with Crippen molar-refractivity contribution in [3.63, 3.8) is 0 Å². The number of morpholine rings is 1. The van der Waals surface area contributed by atoms with Gasteiger partial charge in [-0.3, -0.25) is 19.2 Å². The van der Waals surface area contributed by atoms with Gasteiger partial charge in [-0.15, -0.1) is 0 Å². The zero-order valence-corrected chi connectivity index (χ0v) is 19.2. The third-order valence-corrected chi connectivity index (χ3v) is 4.93. The van der Waals surface area contributed by atoms with Crippen molar-refractivity contribution in [2.45, 2.75) is 58.3 Å². The minimum absolute atomic E-state index is 0.300. The number of carbonyl (C=O) groups is 4. The van der Waals surface area contributed by atoms with Crippen molar-refractivity contribution >= 4 is 41.2 Å². The maximum Gasteiger partial charge on any atom is 0.303 e. The summed E-state index contributed by atoms with van der Waals surface area (Å²) in [5.74, 6) is -2.66. The van der Waals surface area contributed by atoms with Gasteiger partial charge in [-0.1, -0.05) is 0 Å². The fraction of sp³-hybridized carbons (Fsp3) is 0.737. The molecule has 12 nitrogen and oxygen atoms in total. The van der Waals surface area contributed by atoms with Crippen LogP contribution in [-0.2, 0) is 47.6 Å². The minimum atomic E-state index is -1.25. The van der Waals surface area contributed by atoms with Crippen LogP contribution in [0.25, 0.3) is 0 Å². The first kappa shape index (κ1) is 25.7. The highest BCUT2D eigenvalue weighted by Crippen LogP contribution is 2.28. The summed E-state index contributed by atoms with van der Waals surface area (Å²) in [5, 5.41) is 3.27. The molecule has 2 rings (SSSR count). The zero-order chi connectivity index (χ0) is 23.8. The Kier molecular flexibility index (Phi) is 9.60. The number of ether oxygens (including phenoxy) is 6. The Morgan fingerprint density at radius 1 is 0.875 bits per heavy atom. The molecule has 2 saturated heterocycles. The van der Waals surface area contributed by atoms with Crippen molar-refractivity contribution in [3.8, 4) is 0 Å². The molecule has 0 aromatic rings. The lowest BCUT2D eigenvalue weighted by atomic mass is 9.97. The first-order valence-electron chi connectivity index (χ1n) is 10.0. The molecule has 0 aliphatic carbocycles. The summed E-state index contributed by atoms with van der Waals surface area (Å²) < 4.78 is 32.4. The Bertz CT molecular complexity index is 727. The number of carbonyl (C=O) groups excluding carboxylic acids is 4. The monoisotopic (exact) mass is 476 g/mol. The number of hydrogen-bond acceptors (Lipinski definition) is 11. The van der Waals surface area contributed by atoms with Crippen LogP contribution in [-0.4, -0.2) is 97.4 Å². The van der Waals surface area contributed by atoms with E-state index in [1.54, 1.807) is 0 Å². The second-order valence-electron chi connectivity index (χ2n) is 7.17. The van der Waals surface area contributed by atoms with E-state index in [4.69, 9.17) is 40.6 Å². The Balaban J connectivity index is 2.35. The number of hydrogen-bond donors (Lipinski definition) is 1. The van der Waals surface area contributed by atoms with Crippen molar-refractivity contribution in [1.82, 2.24) is 10.2 Å². The van der Waals surface area contributed by atoms with E-state index < -0.39 is 54.5 Å². The van der Waals surface area contributed by atoms with Gasteiger partial charge in [0.05, 0.1) is 13.2 Å². The Morgan fingerprint density at radius 3 is 1.94 bits per heavy atom. The molecule has 13 heteroatoms. The molecule has 0 aromatic heterocycles. The van der Waals surface area contributed by atoms with Gasteiger partial charge < -0.3 is 38.6 Å². The standard InChI is InChI=1S/C19H28N2O10S/c1-10(22)27-9-14-15(28-11(2)23)16(29-12(3)24)17(30-13(4)25)18(31-14)20-19(32)21-5-7-26-8-6-21/h14-18H,5-9H2,1-4H3,(H,20,32)/t14-,15-,16+,17+,18-/m0/s1. The summed E-state index contributed by atoms with van der Waals surface area (Å²) in [5.41, 5.74) is 0. The minimum Gasteiger partial charge on any atom is -0.463 e. The molecule has 1 N–H and O–H groups in total. The summed E-state index contributed by atoms with van der Waals surface area (Å²) in [4.78, 5) is 48.6. The van der Waals surface area contributed by atoms with Crippen LogP contribution < -0.4 is 5.32 Å².